The Kier molecular flexibility index (Phi) is 5.04. The van der Waals surface area contributed by atoms with Crippen molar-refractivity contribution in [1.29, 1.82) is 0 Å². The summed E-state index contributed by atoms with van der Waals surface area (Å²) in [6.45, 7) is 5.44. The summed E-state index contributed by atoms with van der Waals surface area (Å²) in [4.78, 5) is 17.0. The van der Waals surface area contributed by atoms with Gasteiger partial charge in [0.15, 0.2) is 0 Å². The van der Waals surface area contributed by atoms with E-state index in [0.717, 1.165) is 43.9 Å². The van der Waals surface area contributed by atoms with Crippen molar-refractivity contribution in [3.8, 4) is 5.75 Å². The second-order valence-electron chi connectivity index (χ2n) is 5.99. The number of aryl methyl sites for hydroxylation is 1. The molecule has 0 atom stereocenters. The van der Waals surface area contributed by atoms with E-state index in [1.165, 1.54) is 11.3 Å². The van der Waals surface area contributed by atoms with Crippen LogP contribution in [0.5, 0.6) is 5.75 Å². The molecule has 2 aromatic carbocycles. The lowest BCUT2D eigenvalue weighted by atomic mass is 10.1. The largest absolute Gasteiger partial charge is 0.497 e. The van der Waals surface area contributed by atoms with Crippen molar-refractivity contribution in [3.63, 3.8) is 0 Å². The summed E-state index contributed by atoms with van der Waals surface area (Å²) in [7, 11) is 1.63. The first-order valence-electron chi connectivity index (χ1n) is 8.49. The van der Waals surface area contributed by atoms with Crippen molar-refractivity contribution in [2.45, 2.75) is 13.3 Å². The first-order valence-corrected chi connectivity index (χ1v) is 8.49. The highest BCUT2D eigenvalue weighted by atomic mass is 16.5. The van der Waals surface area contributed by atoms with Crippen LogP contribution in [0.4, 0.5) is 5.69 Å². The van der Waals surface area contributed by atoms with Gasteiger partial charge in [-0.3, -0.25) is 4.79 Å². The minimum Gasteiger partial charge on any atom is -0.497 e. The molecule has 0 unspecified atom stereocenters. The normalized spacial score (nSPS) is 14.6. The molecule has 24 heavy (non-hydrogen) atoms. The molecule has 1 heterocycles. The van der Waals surface area contributed by atoms with Crippen LogP contribution in [-0.2, 0) is 6.42 Å². The Labute approximate surface area is 143 Å². The number of ether oxygens (including phenoxy) is 1. The molecule has 1 aliphatic heterocycles. The minimum absolute atomic E-state index is 0.0982. The highest BCUT2D eigenvalue weighted by Crippen LogP contribution is 2.23. The van der Waals surface area contributed by atoms with Crippen molar-refractivity contribution in [1.82, 2.24) is 4.90 Å². The summed E-state index contributed by atoms with van der Waals surface area (Å²) in [6, 6.07) is 15.9. The molecule has 3 rings (SSSR count). The van der Waals surface area contributed by atoms with E-state index < -0.39 is 0 Å². The Morgan fingerprint density at radius 1 is 1.00 bits per heavy atom. The van der Waals surface area contributed by atoms with Gasteiger partial charge < -0.3 is 14.5 Å². The molecule has 1 saturated heterocycles. The number of carbonyl (C=O) groups is 1. The third-order valence-electron chi connectivity index (χ3n) is 4.62. The fourth-order valence-corrected chi connectivity index (χ4v) is 3.18. The van der Waals surface area contributed by atoms with Gasteiger partial charge in [0.25, 0.3) is 5.91 Å². The first-order chi connectivity index (χ1) is 11.7. The number of methoxy groups -OCH3 is 1. The number of benzene rings is 2. The minimum atomic E-state index is 0.0982. The smallest absolute Gasteiger partial charge is 0.253 e. The van der Waals surface area contributed by atoms with Gasteiger partial charge in [-0.2, -0.15) is 0 Å². The third-order valence-corrected chi connectivity index (χ3v) is 4.62. The van der Waals surface area contributed by atoms with Gasteiger partial charge in [0.1, 0.15) is 5.75 Å². The van der Waals surface area contributed by atoms with Crippen molar-refractivity contribution >= 4 is 11.6 Å². The zero-order valence-corrected chi connectivity index (χ0v) is 14.4. The number of nitrogens with zero attached hydrogens (tertiary/aromatic N) is 2. The number of piperazine rings is 1. The molecule has 126 valence electrons. The molecule has 1 aliphatic rings. The van der Waals surface area contributed by atoms with Crippen molar-refractivity contribution in [2.24, 2.45) is 0 Å². The molecule has 1 amide bonds. The maximum absolute atomic E-state index is 12.6. The second-order valence-corrected chi connectivity index (χ2v) is 5.99. The van der Waals surface area contributed by atoms with Crippen LogP contribution >= 0.6 is 0 Å². The molecule has 2 aromatic rings. The van der Waals surface area contributed by atoms with E-state index in [4.69, 9.17) is 4.74 Å². The molecule has 0 spiro atoms. The number of anilines is 1. The van der Waals surface area contributed by atoms with Crippen molar-refractivity contribution < 1.29 is 9.53 Å². The molecular weight excluding hydrogens is 300 g/mol. The lowest BCUT2D eigenvalue weighted by molar-refractivity contribution is 0.0746. The van der Waals surface area contributed by atoms with E-state index in [0.29, 0.717) is 0 Å². The summed E-state index contributed by atoms with van der Waals surface area (Å²) in [6.07, 6.45) is 1.03. The van der Waals surface area contributed by atoms with E-state index >= 15 is 0 Å². The number of hydrogen-bond donors (Lipinski definition) is 0. The highest BCUT2D eigenvalue weighted by molar-refractivity contribution is 5.94. The number of carbonyl (C=O) groups excluding carboxylic acids is 1. The van der Waals surface area contributed by atoms with Gasteiger partial charge in [-0.15, -0.1) is 0 Å². The van der Waals surface area contributed by atoms with Crippen LogP contribution in [0.1, 0.15) is 22.8 Å². The number of amides is 1. The molecule has 0 aromatic heterocycles. The van der Waals surface area contributed by atoms with Gasteiger partial charge in [-0.25, -0.2) is 0 Å². The van der Waals surface area contributed by atoms with Crippen LogP contribution in [0.3, 0.4) is 0 Å². The Morgan fingerprint density at radius 3 is 2.29 bits per heavy atom. The second kappa shape index (κ2) is 7.39. The van der Waals surface area contributed by atoms with Crippen LogP contribution in [0.15, 0.2) is 48.5 Å². The molecule has 4 nitrogen and oxygen atoms in total. The molecule has 0 radical (unpaired) electrons. The van der Waals surface area contributed by atoms with Crippen LogP contribution in [0.25, 0.3) is 0 Å². The van der Waals surface area contributed by atoms with E-state index in [2.05, 4.69) is 36.1 Å². The predicted octanol–water partition coefficient (Wildman–Crippen LogP) is 3.22. The van der Waals surface area contributed by atoms with Crippen LogP contribution in [-0.4, -0.2) is 44.1 Å². The van der Waals surface area contributed by atoms with E-state index in [-0.39, 0.29) is 5.91 Å². The van der Waals surface area contributed by atoms with Gasteiger partial charge in [0, 0.05) is 37.4 Å². The monoisotopic (exact) mass is 324 g/mol. The average Bonchev–Trinajstić information content (AvgIpc) is 2.67. The summed E-state index contributed by atoms with van der Waals surface area (Å²) >= 11 is 0. The molecule has 4 heteroatoms. The van der Waals surface area contributed by atoms with E-state index in [9.17, 15) is 4.79 Å². The molecular formula is C20H24N2O2. The first kappa shape index (κ1) is 16.4. The molecule has 0 aliphatic carbocycles. The van der Waals surface area contributed by atoms with Crippen LogP contribution in [0, 0.1) is 0 Å². The SMILES string of the molecule is CCc1ccccc1N1CCN(C(=O)c2ccc(OC)cc2)CC1. The Morgan fingerprint density at radius 2 is 1.67 bits per heavy atom. The summed E-state index contributed by atoms with van der Waals surface area (Å²) < 4.78 is 5.15. The number of hydrogen-bond acceptors (Lipinski definition) is 3. The zero-order valence-electron chi connectivity index (χ0n) is 14.4. The van der Waals surface area contributed by atoms with Gasteiger partial charge >= 0.3 is 0 Å². The quantitative estimate of drug-likeness (QED) is 0.866. The average molecular weight is 324 g/mol. The van der Waals surface area contributed by atoms with Crippen LogP contribution in [0.2, 0.25) is 0 Å². The Balaban J connectivity index is 1.65. The third kappa shape index (κ3) is 3.37. The summed E-state index contributed by atoms with van der Waals surface area (Å²) in [5.74, 6) is 0.869. The van der Waals surface area contributed by atoms with Crippen molar-refractivity contribution in [3.05, 3.63) is 59.7 Å². The summed E-state index contributed by atoms with van der Waals surface area (Å²) in [5, 5.41) is 0. The van der Waals surface area contributed by atoms with Gasteiger partial charge in [0.05, 0.1) is 7.11 Å². The fraction of sp³-hybridized carbons (Fsp3) is 0.350. The Bertz CT molecular complexity index is 689. The fourth-order valence-electron chi connectivity index (χ4n) is 3.18. The number of rotatable bonds is 4. The highest BCUT2D eigenvalue weighted by Gasteiger charge is 2.23. The summed E-state index contributed by atoms with van der Waals surface area (Å²) in [5.41, 5.74) is 3.39. The van der Waals surface area contributed by atoms with Gasteiger partial charge in [-0.1, -0.05) is 25.1 Å². The van der Waals surface area contributed by atoms with Crippen molar-refractivity contribution in [2.75, 3.05) is 38.2 Å². The Hall–Kier alpha value is -2.49. The molecule has 0 saturated carbocycles. The zero-order chi connectivity index (χ0) is 16.9. The standard InChI is InChI=1S/C20H24N2O2/c1-3-16-6-4-5-7-19(16)21-12-14-22(15-13-21)20(23)17-8-10-18(24-2)11-9-17/h4-11H,3,12-15H2,1-2H3. The predicted molar refractivity (Wildman–Crippen MR) is 96.9 cm³/mol. The molecule has 1 fully saturated rings. The maximum atomic E-state index is 12.6. The van der Waals surface area contributed by atoms with E-state index in [1.807, 2.05) is 29.2 Å². The lowest BCUT2D eigenvalue weighted by Crippen LogP contribution is -2.49. The van der Waals surface area contributed by atoms with Gasteiger partial charge in [-0.05, 0) is 42.3 Å². The van der Waals surface area contributed by atoms with Crippen LogP contribution < -0.4 is 9.64 Å². The topological polar surface area (TPSA) is 32.8 Å². The van der Waals surface area contributed by atoms with Gasteiger partial charge in [0.2, 0.25) is 0 Å². The van der Waals surface area contributed by atoms with E-state index in [1.54, 1.807) is 7.11 Å². The maximum Gasteiger partial charge on any atom is 0.253 e. The molecule has 0 N–H and O–H groups in total. The number of para-hydroxylation sites is 1. The lowest BCUT2D eigenvalue weighted by Gasteiger charge is -2.37. The molecule has 0 bridgehead atoms.